The summed E-state index contributed by atoms with van der Waals surface area (Å²) in [6.45, 7) is 3.77. The fraction of sp³-hybridized carbons (Fsp3) is 0.120. The predicted octanol–water partition coefficient (Wildman–Crippen LogP) is 6.35. The van der Waals surface area contributed by atoms with Crippen molar-refractivity contribution in [1.82, 2.24) is 0 Å². The average Bonchev–Trinajstić information content (AvgIpc) is 2.74. The fourth-order valence-corrected chi connectivity index (χ4v) is 3.51. The molecule has 0 aliphatic rings. The fourth-order valence-electron chi connectivity index (χ4n) is 3.51. The predicted molar refractivity (Wildman–Crippen MR) is 117 cm³/mol. The Labute approximate surface area is 181 Å². The molecule has 0 bridgehead atoms. The van der Waals surface area contributed by atoms with E-state index in [9.17, 15) is 22.8 Å². The molecule has 0 unspecified atom stereocenters. The molecule has 0 spiro atoms. The molecule has 1 aromatic heterocycles. The Balaban J connectivity index is 1.60. The molecule has 1 amide bonds. The number of benzene rings is 3. The summed E-state index contributed by atoms with van der Waals surface area (Å²) in [5, 5.41) is 2.97. The smallest absolute Gasteiger partial charge is 0.416 e. The number of alkyl halides is 3. The van der Waals surface area contributed by atoms with Crippen LogP contribution in [0.1, 0.15) is 27.0 Å². The number of rotatable bonds is 3. The summed E-state index contributed by atoms with van der Waals surface area (Å²) >= 11 is 0. The van der Waals surface area contributed by atoms with Gasteiger partial charge in [-0.05, 0) is 61.4 Å². The minimum Gasteiger partial charge on any atom is -0.456 e. The lowest BCUT2D eigenvalue weighted by atomic mass is 10.1. The number of amides is 1. The Kier molecular flexibility index (Phi) is 5.34. The Hall–Kier alpha value is -3.87. The van der Waals surface area contributed by atoms with E-state index >= 15 is 0 Å². The third-order valence-electron chi connectivity index (χ3n) is 5.04. The van der Waals surface area contributed by atoms with Gasteiger partial charge in [-0.1, -0.05) is 24.3 Å². The van der Waals surface area contributed by atoms with Gasteiger partial charge in [0.15, 0.2) is 5.43 Å². The van der Waals surface area contributed by atoms with Crippen molar-refractivity contribution in [3.63, 3.8) is 0 Å². The van der Waals surface area contributed by atoms with Crippen molar-refractivity contribution in [2.24, 2.45) is 0 Å². The van der Waals surface area contributed by atoms with Crippen LogP contribution < -0.4 is 10.7 Å². The molecule has 3 aromatic carbocycles. The topological polar surface area (TPSA) is 59.3 Å². The highest BCUT2D eigenvalue weighted by Crippen LogP contribution is 2.31. The standard InChI is InChI=1S/C25H18F3NO3/c1-14-10-15(2)23-20(11-14)21(30)13-22(32-23)16-6-8-17(9-7-16)24(31)29-19-5-3-4-18(12-19)25(26,27)28/h3-13H,1-2H3,(H,29,31). The molecule has 4 nitrogen and oxygen atoms in total. The lowest BCUT2D eigenvalue weighted by Crippen LogP contribution is -2.13. The maximum atomic E-state index is 12.9. The number of hydrogen-bond acceptors (Lipinski definition) is 3. The van der Waals surface area contributed by atoms with Crippen LogP contribution in [0.15, 0.2) is 75.9 Å². The summed E-state index contributed by atoms with van der Waals surface area (Å²) in [4.78, 5) is 25.0. The van der Waals surface area contributed by atoms with Crippen molar-refractivity contribution in [2.75, 3.05) is 5.32 Å². The van der Waals surface area contributed by atoms with Crippen molar-refractivity contribution >= 4 is 22.6 Å². The lowest BCUT2D eigenvalue weighted by Gasteiger charge is -2.10. The third kappa shape index (κ3) is 4.27. The van der Waals surface area contributed by atoms with Crippen molar-refractivity contribution < 1.29 is 22.4 Å². The number of nitrogens with one attached hydrogen (secondary N) is 1. The molecule has 0 atom stereocenters. The Bertz CT molecular complexity index is 1390. The number of aryl methyl sites for hydroxylation is 2. The highest BCUT2D eigenvalue weighted by Gasteiger charge is 2.30. The van der Waals surface area contributed by atoms with Crippen molar-refractivity contribution in [3.05, 3.63) is 99.2 Å². The van der Waals surface area contributed by atoms with Crippen LogP contribution in [0, 0.1) is 13.8 Å². The number of carbonyl (C=O) groups is 1. The van der Waals surface area contributed by atoms with Gasteiger partial charge < -0.3 is 9.73 Å². The van der Waals surface area contributed by atoms with E-state index in [0.29, 0.717) is 22.3 Å². The number of fused-ring (bicyclic) bond motifs is 1. The SMILES string of the molecule is Cc1cc(C)c2oc(-c3ccc(C(=O)Nc4cccc(C(F)(F)F)c4)cc3)cc(=O)c2c1. The molecule has 0 saturated carbocycles. The van der Waals surface area contributed by atoms with E-state index in [1.807, 2.05) is 19.9 Å². The van der Waals surface area contributed by atoms with Crippen LogP contribution in [-0.4, -0.2) is 5.91 Å². The van der Waals surface area contributed by atoms with Gasteiger partial charge >= 0.3 is 6.18 Å². The molecular formula is C25H18F3NO3. The van der Waals surface area contributed by atoms with Crippen LogP contribution in [0.2, 0.25) is 0 Å². The summed E-state index contributed by atoms with van der Waals surface area (Å²) in [5.74, 6) is -0.193. The van der Waals surface area contributed by atoms with E-state index in [4.69, 9.17) is 4.42 Å². The molecule has 7 heteroatoms. The quantitative estimate of drug-likeness (QED) is 0.406. The van der Waals surface area contributed by atoms with E-state index in [1.165, 1.54) is 30.3 Å². The Morgan fingerprint density at radius 2 is 1.66 bits per heavy atom. The summed E-state index contributed by atoms with van der Waals surface area (Å²) in [7, 11) is 0. The first-order chi connectivity index (χ1) is 15.1. The molecule has 0 aliphatic carbocycles. The van der Waals surface area contributed by atoms with E-state index in [1.54, 1.807) is 18.2 Å². The maximum absolute atomic E-state index is 12.9. The Morgan fingerprint density at radius 3 is 2.34 bits per heavy atom. The van der Waals surface area contributed by atoms with Gasteiger partial charge in [0.25, 0.3) is 5.91 Å². The minimum atomic E-state index is -4.50. The molecule has 0 radical (unpaired) electrons. The van der Waals surface area contributed by atoms with Gasteiger partial charge in [0.2, 0.25) is 0 Å². The number of carbonyl (C=O) groups excluding carboxylic acids is 1. The zero-order valence-electron chi connectivity index (χ0n) is 17.2. The lowest BCUT2D eigenvalue weighted by molar-refractivity contribution is -0.137. The number of hydrogen-bond donors (Lipinski definition) is 1. The normalized spacial score (nSPS) is 11.5. The molecule has 162 valence electrons. The average molecular weight is 437 g/mol. The van der Waals surface area contributed by atoms with Crippen molar-refractivity contribution in [3.8, 4) is 11.3 Å². The Morgan fingerprint density at radius 1 is 0.938 bits per heavy atom. The van der Waals surface area contributed by atoms with E-state index < -0.39 is 17.6 Å². The first-order valence-corrected chi connectivity index (χ1v) is 9.76. The molecule has 0 fully saturated rings. The van der Waals surface area contributed by atoms with Crippen LogP contribution in [0.5, 0.6) is 0 Å². The summed E-state index contributed by atoms with van der Waals surface area (Å²) < 4.78 is 44.5. The van der Waals surface area contributed by atoms with Crippen molar-refractivity contribution in [1.29, 1.82) is 0 Å². The summed E-state index contributed by atoms with van der Waals surface area (Å²) in [6.07, 6.45) is -4.50. The van der Waals surface area contributed by atoms with E-state index in [0.717, 1.165) is 23.3 Å². The van der Waals surface area contributed by atoms with Crippen molar-refractivity contribution in [2.45, 2.75) is 20.0 Å². The van der Waals surface area contributed by atoms with Crippen LogP contribution in [-0.2, 0) is 6.18 Å². The zero-order valence-corrected chi connectivity index (χ0v) is 17.2. The van der Waals surface area contributed by atoms with Gasteiger partial charge in [0.1, 0.15) is 11.3 Å². The highest BCUT2D eigenvalue weighted by atomic mass is 19.4. The molecule has 1 heterocycles. The van der Waals surface area contributed by atoms with E-state index in [-0.39, 0.29) is 16.7 Å². The first kappa shape index (κ1) is 21.4. The minimum absolute atomic E-state index is 0.0418. The van der Waals surface area contributed by atoms with Gasteiger partial charge in [-0.2, -0.15) is 13.2 Å². The third-order valence-corrected chi connectivity index (χ3v) is 5.04. The molecule has 4 rings (SSSR count). The summed E-state index contributed by atoms with van der Waals surface area (Å²) in [5.41, 5.74) is 2.19. The number of halogens is 3. The van der Waals surface area contributed by atoms with Gasteiger partial charge in [-0.3, -0.25) is 9.59 Å². The first-order valence-electron chi connectivity index (χ1n) is 9.76. The zero-order chi connectivity index (χ0) is 23.0. The molecule has 0 saturated heterocycles. The van der Waals surface area contributed by atoms with Gasteiger partial charge in [-0.15, -0.1) is 0 Å². The van der Waals surface area contributed by atoms with Gasteiger partial charge in [-0.25, -0.2) is 0 Å². The van der Waals surface area contributed by atoms with Crippen LogP contribution in [0.3, 0.4) is 0 Å². The molecular weight excluding hydrogens is 419 g/mol. The second kappa shape index (κ2) is 8.00. The molecule has 4 aromatic rings. The highest BCUT2D eigenvalue weighted by molar-refractivity contribution is 6.04. The maximum Gasteiger partial charge on any atom is 0.416 e. The summed E-state index contributed by atoms with van der Waals surface area (Å²) in [6, 6.07) is 15.8. The second-order valence-corrected chi connectivity index (χ2v) is 7.54. The van der Waals surface area contributed by atoms with Crippen LogP contribution in [0.4, 0.5) is 18.9 Å². The van der Waals surface area contributed by atoms with Crippen LogP contribution >= 0.6 is 0 Å². The molecule has 32 heavy (non-hydrogen) atoms. The molecule has 1 N–H and O–H groups in total. The largest absolute Gasteiger partial charge is 0.456 e. The van der Waals surface area contributed by atoms with E-state index in [2.05, 4.69) is 5.32 Å². The second-order valence-electron chi connectivity index (χ2n) is 7.54. The van der Waals surface area contributed by atoms with Gasteiger partial charge in [0, 0.05) is 22.9 Å². The number of anilines is 1. The van der Waals surface area contributed by atoms with Gasteiger partial charge in [0.05, 0.1) is 10.9 Å². The monoisotopic (exact) mass is 437 g/mol. The van der Waals surface area contributed by atoms with Crippen LogP contribution in [0.25, 0.3) is 22.3 Å². The molecule has 0 aliphatic heterocycles.